The molecule has 0 saturated heterocycles. The molecule has 0 spiro atoms. The number of aromatic nitrogens is 2. The van der Waals surface area contributed by atoms with Crippen LogP contribution in [0.1, 0.15) is 0 Å². The van der Waals surface area contributed by atoms with Gasteiger partial charge in [0.05, 0.1) is 0 Å². The third-order valence-electron chi connectivity index (χ3n) is 2.27. The van der Waals surface area contributed by atoms with E-state index in [0.29, 0.717) is 29.5 Å². The molecule has 0 unspecified atom stereocenters. The molecular formula is C11H13BrN4O. The predicted octanol–water partition coefficient (Wildman–Crippen LogP) is 1.89. The third kappa shape index (κ3) is 2.83. The van der Waals surface area contributed by atoms with Crippen molar-refractivity contribution in [3.05, 3.63) is 29.1 Å². The van der Waals surface area contributed by atoms with Crippen molar-refractivity contribution in [3.8, 4) is 11.5 Å². The number of rotatable bonds is 4. The highest BCUT2D eigenvalue weighted by Crippen LogP contribution is 2.23. The number of hydrogen-bond acceptors (Lipinski definition) is 5. The van der Waals surface area contributed by atoms with Crippen LogP contribution in [0.3, 0.4) is 0 Å². The standard InChI is InChI=1S/C11H13BrN4O/c1-16(7-5-13)11-14-6-4-8(15-11)9-2-3-10(12)17-9/h2-4,6H,5,7,13H2,1H3. The summed E-state index contributed by atoms with van der Waals surface area (Å²) in [7, 11) is 1.91. The summed E-state index contributed by atoms with van der Waals surface area (Å²) < 4.78 is 6.13. The summed E-state index contributed by atoms with van der Waals surface area (Å²) in [6.45, 7) is 1.28. The maximum atomic E-state index is 5.50. The van der Waals surface area contributed by atoms with Gasteiger partial charge in [0.15, 0.2) is 10.4 Å². The summed E-state index contributed by atoms with van der Waals surface area (Å²) in [6, 6.07) is 5.50. The molecule has 2 rings (SSSR count). The number of hydrogen-bond donors (Lipinski definition) is 1. The number of anilines is 1. The Kier molecular flexibility index (Phi) is 3.75. The lowest BCUT2D eigenvalue weighted by Gasteiger charge is -2.15. The second-order valence-electron chi connectivity index (χ2n) is 3.56. The molecule has 2 N–H and O–H groups in total. The van der Waals surface area contributed by atoms with Gasteiger partial charge < -0.3 is 15.1 Å². The number of likely N-dealkylation sites (N-methyl/N-ethyl adjacent to an activating group) is 1. The molecule has 0 amide bonds. The minimum Gasteiger partial charge on any atom is -0.448 e. The van der Waals surface area contributed by atoms with Gasteiger partial charge in [-0.05, 0) is 34.1 Å². The molecule has 17 heavy (non-hydrogen) atoms. The van der Waals surface area contributed by atoms with Gasteiger partial charge in [-0.25, -0.2) is 9.97 Å². The van der Waals surface area contributed by atoms with Gasteiger partial charge in [-0.2, -0.15) is 0 Å². The quantitative estimate of drug-likeness (QED) is 0.933. The molecule has 90 valence electrons. The molecule has 0 aromatic carbocycles. The lowest BCUT2D eigenvalue weighted by atomic mass is 10.3. The van der Waals surface area contributed by atoms with E-state index in [0.717, 1.165) is 5.69 Å². The largest absolute Gasteiger partial charge is 0.448 e. The number of halogens is 1. The molecule has 0 atom stereocenters. The van der Waals surface area contributed by atoms with Crippen molar-refractivity contribution in [2.75, 3.05) is 25.0 Å². The molecule has 2 aromatic rings. The highest BCUT2D eigenvalue weighted by molar-refractivity contribution is 9.10. The van der Waals surface area contributed by atoms with Crippen LogP contribution in [0.2, 0.25) is 0 Å². The molecule has 0 saturated carbocycles. The van der Waals surface area contributed by atoms with E-state index in [1.54, 1.807) is 6.20 Å². The highest BCUT2D eigenvalue weighted by Gasteiger charge is 2.08. The maximum absolute atomic E-state index is 5.50. The minimum atomic E-state index is 0.566. The Morgan fingerprint density at radius 3 is 2.88 bits per heavy atom. The van der Waals surface area contributed by atoms with Gasteiger partial charge in [0.25, 0.3) is 0 Å². The first kappa shape index (κ1) is 12.1. The number of nitrogens with two attached hydrogens (primary N) is 1. The Labute approximate surface area is 108 Å². The first-order valence-corrected chi connectivity index (χ1v) is 6.00. The van der Waals surface area contributed by atoms with Gasteiger partial charge in [0.1, 0.15) is 5.69 Å². The van der Waals surface area contributed by atoms with Gasteiger partial charge >= 0.3 is 0 Å². The summed E-state index contributed by atoms with van der Waals surface area (Å²) in [5.74, 6) is 1.35. The van der Waals surface area contributed by atoms with Crippen LogP contribution in [0.5, 0.6) is 0 Å². The lowest BCUT2D eigenvalue weighted by molar-refractivity contribution is 0.553. The summed E-state index contributed by atoms with van der Waals surface area (Å²) in [5.41, 5.74) is 6.25. The van der Waals surface area contributed by atoms with E-state index in [4.69, 9.17) is 10.2 Å². The van der Waals surface area contributed by atoms with E-state index >= 15 is 0 Å². The van der Waals surface area contributed by atoms with Crippen LogP contribution in [0.25, 0.3) is 11.5 Å². The van der Waals surface area contributed by atoms with Crippen LogP contribution in [0.15, 0.2) is 33.5 Å². The molecule has 0 bridgehead atoms. The molecule has 0 fully saturated rings. The van der Waals surface area contributed by atoms with Crippen molar-refractivity contribution in [3.63, 3.8) is 0 Å². The zero-order chi connectivity index (χ0) is 12.3. The van der Waals surface area contributed by atoms with Crippen LogP contribution >= 0.6 is 15.9 Å². The molecule has 6 heteroatoms. The Morgan fingerprint density at radius 1 is 1.41 bits per heavy atom. The second kappa shape index (κ2) is 5.29. The molecule has 2 heterocycles. The second-order valence-corrected chi connectivity index (χ2v) is 4.34. The van der Waals surface area contributed by atoms with Gasteiger partial charge in [-0.1, -0.05) is 0 Å². The van der Waals surface area contributed by atoms with Crippen LogP contribution in [-0.2, 0) is 0 Å². The number of furan rings is 1. The summed E-state index contributed by atoms with van der Waals surface area (Å²) in [4.78, 5) is 10.5. The van der Waals surface area contributed by atoms with Crippen molar-refractivity contribution in [1.82, 2.24) is 9.97 Å². The van der Waals surface area contributed by atoms with E-state index in [1.807, 2.05) is 30.1 Å². The average Bonchev–Trinajstić information content (AvgIpc) is 2.76. The minimum absolute atomic E-state index is 0.566. The molecule has 5 nitrogen and oxygen atoms in total. The smallest absolute Gasteiger partial charge is 0.225 e. The summed E-state index contributed by atoms with van der Waals surface area (Å²) in [6.07, 6.45) is 1.71. The molecule has 2 aromatic heterocycles. The van der Waals surface area contributed by atoms with Crippen molar-refractivity contribution in [2.45, 2.75) is 0 Å². The molecule has 0 aliphatic heterocycles. The fraction of sp³-hybridized carbons (Fsp3) is 0.273. The normalized spacial score (nSPS) is 10.5. The van der Waals surface area contributed by atoms with Crippen LogP contribution in [0.4, 0.5) is 5.95 Å². The molecule has 0 aliphatic rings. The Bertz CT molecular complexity index is 500. The van der Waals surface area contributed by atoms with E-state index in [-0.39, 0.29) is 0 Å². The van der Waals surface area contributed by atoms with Crippen molar-refractivity contribution in [1.29, 1.82) is 0 Å². The first-order valence-electron chi connectivity index (χ1n) is 5.20. The van der Waals surface area contributed by atoms with E-state index in [9.17, 15) is 0 Å². The zero-order valence-electron chi connectivity index (χ0n) is 9.43. The van der Waals surface area contributed by atoms with Gasteiger partial charge in [0, 0.05) is 26.3 Å². The SMILES string of the molecule is CN(CCN)c1nccc(-c2ccc(Br)o2)n1. The first-order chi connectivity index (χ1) is 8.20. The van der Waals surface area contributed by atoms with Crippen LogP contribution in [0, 0.1) is 0 Å². The molecular weight excluding hydrogens is 284 g/mol. The predicted molar refractivity (Wildman–Crippen MR) is 69.8 cm³/mol. The van der Waals surface area contributed by atoms with Crippen LogP contribution in [-0.4, -0.2) is 30.1 Å². The lowest BCUT2D eigenvalue weighted by Crippen LogP contribution is -2.26. The molecule has 0 aliphatic carbocycles. The zero-order valence-corrected chi connectivity index (χ0v) is 11.0. The van der Waals surface area contributed by atoms with E-state index in [2.05, 4.69) is 25.9 Å². The summed E-state index contributed by atoms with van der Waals surface area (Å²) >= 11 is 3.26. The fourth-order valence-electron chi connectivity index (χ4n) is 1.42. The van der Waals surface area contributed by atoms with Gasteiger partial charge in [-0.15, -0.1) is 0 Å². The number of nitrogens with zero attached hydrogens (tertiary/aromatic N) is 3. The fourth-order valence-corrected chi connectivity index (χ4v) is 1.72. The Morgan fingerprint density at radius 2 is 2.24 bits per heavy atom. The van der Waals surface area contributed by atoms with E-state index < -0.39 is 0 Å². The van der Waals surface area contributed by atoms with Gasteiger partial charge in [-0.3, -0.25) is 0 Å². The Balaban J connectivity index is 2.28. The topological polar surface area (TPSA) is 68.2 Å². The van der Waals surface area contributed by atoms with Crippen molar-refractivity contribution in [2.24, 2.45) is 5.73 Å². The average molecular weight is 297 g/mol. The Hall–Kier alpha value is -1.40. The van der Waals surface area contributed by atoms with Gasteiger partial charge in [0.2, 0.25) is 5.95 Å². The summed E-state index contributed by atoms with van der Waals surface area (Å²) in [5, 5.41) is 0. The third-order valence-corrected chi connectivity index (χ3v) is 2.70. The van der Waals surface area contributed by atoms with Crippen molar-refractivity contribution >= 4 is 21.9 Å². The van der Waals surface area contributed by atoms with E-state index in [1.165, 1.54) is 0 Å². The monoisotopic (exact) mass is 296 g/mol. The maximum Gasteiger partial charge on any atom is 0.225 e. The van der Waals surface area contributed by atoms with Crippen LogP contribution < -0.4 is 10.6 Å². The molecule has 0 radical (unpaired) electrons. The highest BCUT2D eigenvalue weighted by atomic mass is 79.9. The van der Waals surface area contributed by atoms with Crippen molar-refractivity contribution < 1.29 is 4.42 Å².